The number of aromatic amines is 1. The molecule has 7 heteroatoms. The van der Waals surface area contributed by atoms with Crippen molar-refractivity contribution < 1.29 is 9.53 Å². The fourth-order valence-electron chi connectivity index (χ4n) is 4.31. The van der Waals surface area contributed by atoms with E-state index in [9.17, 15) is 14.4 Å². The summed E-state index contributed by atoms with van der Waals surface area (Å²) in [6.45, 7) is 0. The molecule has 3 heterocycles. The highest BCUT2D eigenvalue weighted by atomic mass is 16.5. The zero-order valence-electron chi connectivity index (χ0n) is 13.4. The Hall–Kier alpha value is -2.57. The van der Waals surface area contributed by atoms with E-state index in [0.29, 0.717) is 18.4 Å². The summed E-state index contributed by atoms with van der Waals surface area (Å²) >= 11 is 0. The number of carbonyl (C=O) groups excluding carboxylic acids is 1. The molecule has 2 atom stereocenters. The molecule has 0 aliphatic carbocycles. The van der Waals surface area contributed by atoms with Crippen LogP contribution in [0.25, 0.3) is 11.0 Å². The van der Waals surface area contributed by atoms with Crippen LogP contribution in [0.4, 0.5) is 4.79 Å². The van der Waals surface area contributed by atoms with Gasteiger partial charge in [-0.15, -0.1) is 0 Å². The number of amides is 1. The molecule has 1 aromatic heterocycles. The van der Waals surface area contributed by atoms with Gasteiger partial charge in [0.05, 0.1) is 18.1 Å². The molecule has 0 radical (unpaired) electrons. The van der Waals surface area contributed by atoms with Gasteiger partial charge in [0.25, 0.3) is 0 Å². The number of nitrogens with zero attached hydrogens (tertiary/aromatic N) is 2. The zero-order valence-corrected chi connectivity index (χ0v) is 13.4. The van der Waals surface area contributed by atoms with Crippen LogP contribution >= 0.6 is 0 Å². The molecule has 2 saturated heterocycles. The summed E-state index contributed by atoms with van der Waals surface area (Å²) in [5, 5.41) is 0. The highest BCUT2D eigenvalue weighted by molar-refractivity contribution is 5.74. The highest BCUT2D eigenvalue weighted by Crippen LogP contribution is 2.41. The first-order valence-corrected chi connectivity index (χ1v) is 8.20. The van der Waals surface area contributed by atoms with E-state index in [4.69, 9.17) is 4.74 Å². The van der Waals surface area contributed by atoms with Crippen LogP contribution in [0.15, 0.2) is 33.9 Å². The molecule has 126 valence electrons. The second-order valence-corrected chi connectivity index (χ2v) is 6.53. The van der Waals surface area contributed by atoms with Crippen molar-refractivity contribution in [2.24, 2.45) is 0 Å². The summed E-state index contributed by atoms with van der Waals surface area (Å²) in [5.74, 6) is 0. The van der Waals surface area contributed by atoms with Gasteiger partial charge in [0.2, 0.25) is 0 Å². The van der Waals surface area contributed by atoms with E-state index in [1.54, 1.807) is 15.5 Å². The number of para-hydroxylation sites is 2. The van der Waals surface area contributed by atoms with Crippen LogP contribution in [0.2, 0.25) is 0 Å². The number of nitrogens with one attached hydrogen (secondary N) is 1. The van der Waals surface area contributed by atoms with Crippen LogP contribution in [0.3, 0.4) is 0 Å². The first-order valence-electron chi connectivity index (χ1n) is 8.20. The smallest absolute Gasteiger partial charge is 0.409 e. The number of carbonyl (C=O) groups is 1. The standard InChI is InChI=1S/C17H19N3O4/c1-24-17(23)19-10-6-7-11(19)9-12(8-10)20-14-5-3-2-4-13(14)18-15(21)16(20)22/h2-5,10-12H,6-9H2,1H3,(H,18,21). The third kappa shape index (κ3) is 2.15. The van der Waals surface area contributed by atoms with E-state index in [1.165, 1.54) is 7.11 Å². The van der Waals surface area contributed by atoms with Gasteiger partial charge in [0, 0.05) is 18.1 Å². The Kier molecular flexibility index (Phi) is 3.44. The molecule has 1 N–H and O–H groups in total. The van der Waals surface area contributed by atoms with Gasteiger partial charge < -0.3 is 14.6 Å². The summed E-state index contributed by atoms with van der Waals surface area (Å²) in [7, 11) is 1.39. The van der Waals surface area contributed by atoms with Gasteiger partial charge >= 0.3 is 17.2 Å². The average Bonchev–Trinajstić information content (AvgIpc) is 2.85. The van der Waals surface area contributed by atoms with Crippen molar-refractivity contribution in [3.05, 3.63) is 45.0 Å². The predicted octanol–water partition coefficient (Wildman–Crippen LogP) is 1.62. The molecule has 0 saturated carbocycles. The second kappa shape index (κ2) is 5.51. The zero-order chi connectivity index (χ0) is 16.8. The lowest BCUT2D eigenvalue weighted by Gasteiger charge is -2.38. The Morgan fingerprint density at radius 2 is 1.79 bits per heavy atom. The summed E-state index contributed by atoms with van der Waals surface area (Å²) in [6.07, 6.45) is 2.85. The number of aromatic nitrogens is 2. The quantitative estimate of drug-likeness (QED) is 0.806. The maximum absolute atomic E-state index is 12.5. The molecule has 7 nitrogen and oxygen atoms in total. The van der Waals surface area contributed by atoms with E-state index < -0.39 is 11.1 Å². The van der Waals surface area contributed by atoms with Crippen LogP contribution in [0.1, 0.15) is 31.7 Å². The van der Waals surface area contributed by atoms with E-state index in [2.05, 4.69) is 4.98 Å². The molecule has 2 unspecified atom stereocenters. The minimum atomic E-state index is -0.601. The fraction of sp³-hybridized carbons (Fsp3) is 0.471. The minimum absolute atomic E-state index is 0.0612. The molecule has 2 aliphatic rings. The first-order chi connectivity index (χ1) is 11.6. The lowest BCUT2D eigenvalue weighted by Crippen LogP contribution is -2.49. The number of benzene rings is 1. The Labute approximate surface area is 137 Å². The van der Waals surface area contributed by atoms with Gasteiger partial charge in [-0.25, -0.2) is 4.79 Å². The molecule has 24 heavy (non-hydrogen) atoms. The Balaban J connectivity index is 1.78. The largest absolute Gasteiger partial charge is 0.453 e. The maximum atomic E-state index is 12.5. The number of ether oxygens (including phenoxy) is 1. The Morgan fingerprint density at radius 1 is 1.12 bits per heavy atom. The van der Waals surface area contributed by atoms with E-state index in [-0.39, 0.29) is 24.2 Å². The van der Waals surface area contributed by atoms with E-state index in [0.717, 1.165) is 18.4 Å². The van der Waals surface area contributed by atoms with Gasteiger partial charge in [-0.2, -0.15) is 0 Å². The van der Waals surface area contributed by atoms with Crippen molar-refractivity contribution in [2.45, 2.75) is 43.8 Å². The number of fused-ring (bicyclic) bond motifs is 3. The lowest BCUT2D eigenvalue weighted by atomic mass is 9.97. The lowest BCUT2D eigenvalue weighted by molar-refractivity contribution is 0.0728. The van der Waals surface area contributed by atoms with Crippen molar-refractivity contribution in [2.75, 3.05) is 7.11 Å². The molecule has 2 aromatic rings. The maximum Gasteiger partial charge on any atom is 0.409 e. The van der Waals surface area contributed by atoms with Gasteiger partial charge in [0.15, 0.2) is 0 Å². The number of hydrogen-bond donors (Lipinski definition) is 1. The molecule has 1 aromatic carbocycles. The number of hydrogen-bond acceptors (Lipinski definition) is 4. The average molecular weight is 329 g/mol. The molecule has 0 spiro atoms. The third-order valence-corrected chi connectivity index (χ3v) is 5.28. The van der Waals surface area contributed by atoms with Crippen molar-refractivity contribution in [1.82, 2.24) is 14.5 Å². The molecular weight excluding hydrogens is 310 g/mol. The second-order valence-electron chi connectivity index (χ2n) is 6.53. The molecule has 2 bridgehead atoms. The van der Waals surface area contributed by atoms with Crippen LogP contribution < -0.4 is 11.1 Å². The normalized spacial score (nSPS) is 25.9. The van der Waals surface area contributed by atoms with Crippen molar-refractivity contribution in [3.63, 3.8) is 0 Å². The van der Waals surface area contributed by atoms with Gasteiger partial charge in [0.1, 0.15) is 0 Å². The van der Waals surface area contributed by atoms with Crippen molar-refractivity contribution >= 4 is 17.1 Å². The Bertz CT molecular complexity index is 902. The van der Waals surface area contributed by atoms with E-state index >= 15 is 0 Å². The van der Waals surface area contributed by atoms with Gasteiger partial charge in [-0.3, -0.25) is 14.2 Å². The third-order valence-electron chi connectivity index (χ3n) is 5.28. The first kappa shape index (κ1) is 15.0. The topological polar surface area (TPSA) is 84.4 Å². The van der Waals surface area contributed by atoms with Crippen molar-refractivity contribution in [1.29, 1.82) is 0 Å². The number of methoxy groups -OCH3 is 1. The summed E-state index contributed by atoms with van der Waals surface area (Å²) in [5.41, 5.74) is 0.268. The Morgan fingerprint density at radius 3 is 2.46 bits per heavy atom. The van der Waals surface area contributed by atoms with E-state index in [1.807, 2.05) is 18.2 Å². The molecule has 2 aliphatic heterocycles. The SMILES string of the molecule is COC(=O)N1C2CCC1CC(n1c(=O)c(=O)[nH]c3ccccc31)C2. The molecule has 4 rings (SSSR count). The summed E-state index contributed by atoms with van der Waals surface area (Å²) in [4.78, 5) is 40.9. The number of H-pyrrole nitrogens is 1. The minimum Gasteiger partial charge on any atom is -0.453 e. The highest BCUT2D eigenvalue weighted by Gasteiger charge is 2.44. The van der Waals surface area contributed by atoms with Crippen LogP contribution in [-0.2, 0) is 4.74 Å². The summed E-state index contributed by atoms with van der Waals surface area (Å²) in [6, 6.07) is 7.37. The number of rotatable bonds is 1. The van der Waals surface area contributed by atoms with Crippen molar-refractivity contribution in [3.8, 4) is 0 Å². The van der Waals surface area contributed by atoms with Gasteiger partial charge in [-0.05, 0) is 37.8 Å². The predicted molar refractivity (Wildman–Crippen MR) is 88.2 cm³/mol. The fourth-order valence-corrected chi connectivity index (χ4v) is 4.31. The molecule has 1 amide bonds. The van der Waals surface area contributed by atoms with Crippen LogP contribution in [0, 0.1) is 0 Å². The van der Waals surface area contributed by atoms with Crippen LogP contribution in [-0.4, -0.2) is 39.7 Å². The van der Waals surface area contributed by atoms with Gasteiger partial charge in [-0.1, -0.05) is 12.1 Å². The van der Waals surface area contributed by atoms with Crippen LogP contribution in [0.5, 0.6) is 0 Å². The molecule has 2 fully saturated rings. The molecular formula is C17H19N3O4. The monoisotopic (exact) mass is 329 g/mol. The summed E-state index contributed by atoms with van der Waals surface area (Å²) < 4.78 is 6.51. The number of piperidine rings is 1.